The average molecular weight is 291 g/mol. The molecule has 0 aliphatic heterocycles. The molecular weight excluding hydrogens is 270 g/mol. The molecule has 114 valence electrons. The Morgan fingerprint density at radius 1 is 1.29 bits per heavy atom. The number of carbonyl (C=O) groups excluding carboxylic acids is 1. The zero-order valence-electron chi connectivity index (χ0n) is 12.5. The van der Waals surface area contributed by atoms with Crippen LogP contribution in [0.15, 0.2) is 43.0 Å². The molecule has 2 N–H and O–H groups in total. The van der Waals surface area contributed by atoms with Crippen LogP contribution in [0.1, 0.15) is 32.3 Å². The summed E-state index contributed by atoms with van der Waals surface area (Å²) in [6, 6.07) is 7.88. The van der Waals surface area contributed by atoms with Gasteiger partial charge in [0.1, 0.15) is 11.6 Å². The number of carbonyl (C=O) groups is 2. The second-order valence-electron chi connectivity index (χ2n) is 5.63. The summed E-state index contributed by atoms with van der Waals surface area (Å²) < 4.78 is 5.10. The Morgan fingerprint density at radius 2 is 1.86 bits per heavy atom. The molecule has 21 heavy (non-hydrogen) atoms. The Bertz CT molecular complexity index is 505. The van der Waals surface area contributed by atoms with Crippen molar-refractivity contribution in [3.05, 3.63) is 48.6 Å². The van der Waals surface area contributed by atoms with E-state index in [4.69, 9.17) is 4.74 Å². The van der Waals surface area contributed by atoms with Crippen molar-refractivity contribution in [3.8, 4) is 0 Å². The highest BCUT2D eigenvalue weighted by Gasteiger charge is 2.30. The van der Waals surface area contributed by atoms with E-state index in [0.717, 1.165) is 5.56 Å². The molecule has 0 spiro atoms. The molecule has 0 saturated carbocycles. The highest BCUT2D eigenvalue weighted by molar-refractivity contribution is 5.81. The van der Waals surface area contributed by atoms with Crippen molar-refractivity contribution in [2.45, 2.75) is 38.3 Å². The van der Waals surface area contributed by atoms with E-state index in [0.29, 0.717) is 0 Å². The van der Waals surface area contributed by atoms with Gasteiger partial charge >= 0.3 is 12.1 Å². The van der Waals surface area contributed by atoms with Gasteiger partial charge in [0.15, 0.2) is 0 Å². The highest BCUT2D eigenvalue weighted by Crippen LogP contribution is 2.21. The molecule has 5 nitrogen and oxygen atoms in total. The summed E-state index contributed by atoms with van der Waals surface area (Å²) in [4.78, 5) is 23.3. The van der Waals surface area contributed by atoms with Crippen molar-refractivity contribution >= 4 is 12.1 Å². The van der Waals surface area contributed by atoms with Crippen LogP contribution in [0.3, 0.4) is 0 Å². The molecule has 1 aromatic carbocycles. The lowest BCUT2D eigenvalue weighted by atomic mass is 9.91. The van der Waals surface area contributed by atoms with Gasteiger partial charge in [0, 0.05) is 5.92 Å². The summed E-state index contributed by atoms with van der Waals surface area (Å²) in [6.07, 6.45) is 0.739. The van der Waals surface area contributed by atoms with Gasteiger partial charge in [-0.25, -0.2) is 9.59 Å². The van der Waals surface area contributed by atoms with Crippen LogP contribution in [0, 0.1) is 0 Å². The molecule has 0 fully saturated rings. The van der Waals surface area contributed by atoms with E-state index in [1.54, 1.807) is 45.0 Å². The smallest absolute Gasteiger partial charge is 0.408 e. The average Bonchev–Trinajstić information content (AvgIpc) is 2.37. The third-order valence-corrected chi connectivity index (χ3v) is 2.74. The Balaban J connectivity index is 2.93. The normalized spacial score (nSPS) is 13.9. The van der Waals surface area contributed by atoms with E-state index in [2.05, 4.69) is 11.9 Å². The lowest BCUT2D eigenvalue weighted by molar-refractivity contribution is -0.139. The molecule has 0 radical (unpaired) electrons. The number of amides is 1. The minimum absolute atomic E-state index is 0.545. The van der Waals surface area contributed by atoms with E-state index in [-0.39, 0.29) is 0 Å². The second kappa shape index (κ2) is 6.92. The molecule has 2 atom stereocenters. The Kier molecular flexibility index (Phi) is 5.52. The van der Waals surface area contributed by atoms with Crippen LogP contribution < -0.4 is 5.32 Å². The van der Waals surface area contributed by atoms with Gasteiger partial charge in [0.25, 0.3) is 0 Å². The van der Waals surface area contributed by atoms with Gasteiger partial charge in [-0.3, -0.25) is 0 Å². The number of aliphatic carboxylic acids is 1. The van der Waals surface area contributed by atoms with Crippen LogP contribution in [-0.2, 0) is 9.53 Å². The van der Waals surface area contributed by atoms with Gasteiger partial charge in [0.05, 0.1) is 0 Å². The maximum atomic E-state index is 11.8. The molecule has 0 unspecified atom stereocenters. The van der Waals surface area contributed by atoms with Gasteiger partial charge < -0.3 is 15.2 Å². The first kappa shape index (κ1) is 16.8. The van der Waals surface area contributed by atoms with Crippen molar-refractivity contribution in [1.82, 2.24) is 5.32 Å². The molecule has 0 aliphatic rings. The molecule has 1 amide bonds. The fourth-order valence-electron chi connectivity index (χ4n) is 1.88. The van der Waals surface area contributed by atoms with Crippen molar-refractivity contribution in [2.24, 2.45) is 0 Å². The zero-order valence-corrected chi connectivity index (χ0v) is 12.5. The summed E-state index contributed by atoms with van der Waals surface area (Å²) in [6.45, 7) is 8.81. The fraction of sp³-hybridized carbons (Fsp3) is 0.375. The lowest BCUT2D eigenvalue weighted by Gasteiger charge is -2.25. The third kappa shape index (κ3) is 5.30. The Morgan fingerprint density at radius 3 is 2.29 bits per heavy atom. The Labute approximate surface area is 124 Å². The highest BCUT2D eigenvalue weighted by atomic mass is 16.6. The molecule has 0 bridgehead atoms. The van der Waals surface area contributed by atoms with Crippen LogP contribution >= 0.6 is 0 Å². The second-order valence-corrected chi connectivity index (χ2v) is 5.63. The first-order chi connectivity index (χ1) is 9.74. The number of carboxylic acids is 1. The summed E-state index contributed by atoms with van der Waals surface area (Å²) >= 11 is 0. The zero-order chi connectivity index (χ0) is 16.0. The number of nitrogens with one attached hydrogen (secondary N) is 1. The molecule has 0 aliphatic carbocycles. The largest absolute Gasteiger partial charge is 0.480 e. The van der Waals surface area contributed by atoms with Crippen LogP contribution in [0.2, 0.25) is 0 Å². The maximum absolute atomic E-state index is 11.8. The quantitative estimate of drug-likeness (QED) is 0.818. The molecule has 1 aromatic rings. The van der Waals surface area contributed by atoms with Crippen molar-refractivity contribution in [3.63, 3.8) is 0 Å². The number of hydrogen-bond donors (Lipinski definition) is 2. The molecule has 5 heteroatoms. The van der Waals surface area contributed by atoms with E-state index < -0.39 is 29.6 Å². The summed E-state index contributed by atoms with van der Waals surface area (Å²) in [5.41, 5.74) is 0.0692. The first-order valence-corrected chi connectivity index (χ1v) is 6.64. The summed E-state index contributed by atoms with van der Waals surface area (Å²) in [7, 11) is 0. The number of alkyl carbamates (subject to hydrolysis) is 1. The Hall–Kier alpha value is -2.30. The van der Waals surface area contributed by atoms with E-state index in [9.17, 15) is 14.7 Å². The number of ether oxygens (including phenoxy) is 1. The predicted molar refractivity (Wildman–Crippen MR) is 80.2 cm³/mol. The topological polar surface area (TPSA) is 75.6 Å². The molecule has 0 aromatic heterocycles. The summed E-state index contributed by atoms with van der Waals surface area (Å²) in [5, 5.41) is 11.8. The number of hydrogen-bond acceptors (Lipinski definition) is 3. The molecule has 0 saturated heterocycles. The minimum Gasteiger partial charge on any atom is -0.480 e. The molecule has 1 rings (SSSR count). The number of carboxylic acid groups (broad SMARTS) is 1. The fourth-order valence-corrected chi connectivity index (χ4v) is 1.88. The monoisotopic (exact) mass is 291 g/mol. The number of rotatable bonds is 5. The third-order valence-electron chi connectivity index (χ3n) is 2.74. The molecular formula is C16H21NO4. The van der Waals surface area contributed by atoms with Gasteiger partial charge in [-0.05, 0) is 26.3 Å². The van der Waals surface area contributed by atoms with E-state index in [1.165, 1.54) is 6.08 Å². The van der Waals surface area contributed by atoms with E-state index in [1.807, 2.05) is 6.07 Å². The van der Waals surface area contributed by atoms with Crippen LogP contribution in [0.25, 0.3) is 0 Å². The summed E-state index contributed by atoms with van der Waals surface area (Å²) in [5.74, 6) is -1.69. The molecule has 0 heterocycles. The first-order valence-electron chi connectivity index (χ1n) is 6.64. The number of benzene rings is 1. The van der Waals surface area contributed by atoms with Crippen molar-refractivity contribution < 1.29 is 19.4 Å². The SMILES string of the molecule is C=C[C@H](c1ccccc1)[C@@H](NC(=O)OC(C)(C)C)C(=O)O. The lowest BCUT2D eigenvalue weighted by Crippen LogP contribution is -2.46. The van der Waals surface area contributed by atoms with E-state index >= 15 is 0 Å². The van der Waals surface area contributed by atoms with Gasteiger partial charge in [-0.1, -0.05) is 36.4 Å². The maximum Gasteiger partial charge on any atom is 0.408 e. The predicted octanol–water partition coefficient (Wildman–Crippen LogP) is 2.93. The van der Waals surface area contributed by atoms with Crippen LogP contribution in [-0.4, -0.2) is 28.8 Å². The minimum atomic E-state index is -1.14. The van der Waals surface area contributed by atoms with Crippen LogP contribution in [0.5, 0.6) is 0 Å². The van der Waals surface area contributed by atoms with Crippen molar-refractivity contribution in [2.75, 3.05) is 0 Å². The van der Waals surface area contributed by atoms with Crippen molar-refractivity contribution in [1.29, 1.82) is 0 Å². The van der Waals surface area contributed by atoms with Crippen LogP contribution in [0.4, 0.5) is 4.79 Å². The van der Waals surface area contributed by atoms with Gasteiger partial charge in [0.2, 0.25) is 0 Å². The van der Waals surface area contributed by atoms with Gasteiger partial charge in [-0.15, -0.1) is 6.58 Å². The van der Waals surface area contributed by atoms with Gasteiger partial charge in [-0.2, -0.15) is 0 Å². The standard InChI is InChI=1S/C16H21NO4/c1-5-12(11-9-7-6-8-10-11)13(14(18)19)17-15(20)21-16(2,3)4/h5-10,12-13H,1H2,2-4H3,(H,17,20)(H,18,19)/t12-,13-/m1/s1.